The molecule has 0 spiro atoms. The van der Waals surface area contributed by atoms with Crippen LogP contribution in [0.15, 0.2) is 0 Å². The van der Waals surface area contributed by atoms with Crippen LogP contribution in [-0.4, -0.2) is 54.4 Å². The molecule has 2 saturated heterocycles. The van der Waals surface area contributed by atoms with Gasteiger partial charge in [-0.1, -0.05) is 0 Å². The Morgan fingerprint density at radius 3 is 2.84 bits per heavy atom. The van der Waals surface area contributed by atoms with Crippen LogP contribution in [0.3, 0.4) is 0 Å². The number of ether oxygens (including phenoxy) is 1. The van der Waals surface area contributed by atoms with Gasteiger partial charge in [0.25, 0.3) is 0 Å². The lowest BCUT2D eigenvalue weighted by molar-refractivity contribution is -0.138. The highest BCUT2D eigenvalue weighted by Crippen LogP contribution is 2.21. The van der Waals surface area contributed by atoms with Crippen LogP contribution in [0, 0.1) is 11.8 Å². The molecule has 2 rings (SSSR count). The van der Waals surface area contributed by atoms with Gasteiger partial charge in [-0.05, 0) is 25.7 Å². The Morgan fingerprint density at radius 2 is 2.21 bits per heavy atom. The first kappa shape index (κ1) is 14.1. The largest absolute Gasteiger partial charge is 0.481 e. The molecule has 0 aliphatic carbocycles. The molecule has 19 heavy (non-hydrogen) atoms. The Kier molecular flexibility index (Phi) is 4.63. The minimum Gasteiger partial charge on any atom is -0.481 e. The second-order valence-electron chi connectivity index (χ2n) is 5.51. The zero-order valence-electron chi connectivity index (χ0n) is 11.3. The van der Waals surface area contributed by atoms with Crippen LogP contribution in [0.5, 0.6) is 0 Å². The van der Waals surface area contributed by atoms with E-state index in [1.807, 2.05) is 6.92 Å². The molecule has 2 fully saturated rings. The second kappa shape index (κ2) is 6.23. The second-order valence-corrected chi connectivity index (χ2v) is 5.51. The topological polar surface area (TPSA) is 78.9 Å². The predicted molar refractivity (Wildman–Crippen MR) is 68.9 cm³/mol. The Morgan fingerprint density at radius 1 is 1.42 bits per heavy atom. The van der Waals surface area contributed by atoms with Crippen LogP contribution in [0.1, 0.15) is 26.2 Å². The van der Waals surface area contributed by atoms with Crippen molar-refractivity contribution >= 4 is 12.0 Å². The van der Waals surface area contributed by atoms with E-state index in [1.165, 1.54) is 0 Å². The predicted octanol–water partition coefficient (Wildman–Crippen LogP) is 0.918. The summed E-state index contributed by atoms with van der Waals surface area (Å²) in [6.07, 6.45) is 2.13. The number of carboxylic acid groups (broad SMARTS) is 1. The maximum atomic E-state index is 12.0. The van der Waals surface area contributed by atoms with Gasteiger partial charge in [-0.15, -0.1) is 0 Å². The number of nitrogens with zero attached hydrogens (tertiary/aromatic N) is 1. The number of likely N-dealkylation sites (tertiary alicyclic amines) is 1. The fraction of sp³-hybridized carbons (Fsp3) is 0.846. The lowest BCUT2D eigenvalue weighted by Gasteiger charge is -2.20. The number of aliphatic carboxylic acids is 1. The summed E-state index contributed by atoms with van der Waals surface area (Å²) in [7, 11) is 0. The lowest BCUT2D eigenvalue weighted by atomic mass is 10.0. The summed E-state index contributed by atoms with van der Waals surface area (Å²) in [5, 5.41) is 11.7. The Hall–Kier alpha value is -1.30. The highest BCUT2D eigenvalue weighted by molar-refractivity contribution is 5.74. The number of carbonyl (C=O) groups is 2. The van der Waals surface area contributed by atoms with Gasteiger partial charge in [-0.3, -0.25) is 4.79 Å². The maximum Gasteiger partial charge on any atom is 0.317 e. The van der Waals surface area contributed by atoms with E-state index in [1.54, 1.807) is 4.90 Å². The van der Waals surface area contributed by atoms with Crippen LogP contribution in [0.25, 0.3) is 0 Å². The smallest absolute Gasteiger partial charge is 0.317 e. The molecule has 2 aliphatic heterocycles. The van der Waals surface area contributed by atoms with E-state index in [9.17, 15) is 9.59 Å². The number of rotatable bonds is 4. The van der Waals surface area contributed by atoms with E-state index in [0.29, 0.717) is 25.6 Å². The summed E-state index contributed by atoms with van der Waals surface area (Å²) < 4.78 is 5.45. The van der Waals surface area contributed by atoms with E-state index in [-0.39, 0.29) is 24.5 Å². The third kappa shape index (κ3) is 3.83. The molecule has 3 unspecified atom stereocenters. The molecule has 0 saturated carbocycles. The summed E-state index contributed by atoms with van der Waals surface area (Å²) in [6, 6.07) is -0.0769. The first-order chi connectivity index (χ1) is 9.06. The molecule has 108 valence electrons. The summed E-state index contributed by atoms with van der Waals surface area (Å²) in [5.41, 5.74) is 0. The molecule has 2 heterocycles. The van der Waals surface area contributed by atoms with Gasteiger partial charge in [0, 0.05) is 38.6 Å². The third-order valence-electron chi connectivity index (χ3n) is 4.09. The van der Waals surface area contributed by atoms with Crippen molar-refractivity contribution in [3.05, 3.63) is 0 Å². The molecule has 0 aromatic rings. The molecule has 2 amide bonds. The molecule has 0 aromatic carbocycles. The van der Waals surface area contributed by atoms with E-state index in [2.05, 4.69) is 5.32 Å². The fourth-order valence-electron chi connectivity index (χ4n) is 2.81. The van der Waals surface area contributed by atoms with Crippen molar-refractivity contribution in [2.45, 2.75) is 32.3 Å². The average Bonchev–Trinajstić information content (AvgIpc) is 2.95. The number of hydrogen-bond donors (Lipinski definition) is 2. The zero-order chi connectivity index (χ0) is 13.8. The van der Waals surface area contributed by atoms with Crippen LogP contribution in [0.2, 0.25) is 0 Å². The van der Waals surface area contributed by atoms with Gasteiger partial charge in [0.15, 0.2) is 0 Å². The van der Waals surface area contributed by atoms with Gasteiger partial charge in [-0.25, -0.2) is 4.79 Å². The Bertz CT molecular complexity index is 348. The molecule has 6 heteroatoms. The van der Waals surface area contributed by atoms with Crippen molar-refractivity contribution in [2.75, 3.05) is 26.2 Å². The van der Waals surface area contributed by atoms with E-state index < -0.39 is 5.97 Å². The average molecular weight is 270 g/mol. The standard InChI is InChI=1S/C13H22N2O4/c1-9-11(3-5-19-9)7-14-13(18)15-4-2-10(8-15)6-12(16)17/h9-11H,2-8H2,1H3,(H,14,18)(H,16,17). The van der Waals surface area contributed by atoms with E-state index >= 15 is 0 Å². The Labute approximate surface area is 113 Å². The number of nitrogens with one attached hydrogen (secondary N) is 1. The van der Waals surface area contributed by atoms with Crippen molar-refractivity contribution in [1.29, 1.82) is 0 Å². The summed E-state index contributed by atoms with van der Waals surface area (Å²) in [4.78, 5) is 24.3. The quantitative estimate of drug-likeness (QED) is 0.796. The highest BCUT2D eigenvalue weighted by atomic mass is 16.5. The molecule has 0 radical (unpaired) electrons. The molecule has 0 bridgehead atoms. The van der Waals surface area contributed by atoms with Crippen molar-refractivity contribution in [2.24, 2.45) is 11.8 Å². The number of amides is 2. The molecule has 3 atom stereocenters. The van der Waals surface area contributed by atoms with Crippen LogP contribution in [-0.2, 0) is 9.53 Å². The third-order valence-corrected chi connectivity index (χ3v) is 4.09. The first-order valence-electron chi connectivity index (χ1n) is 6.92. The summed E-state index contributed by atoms with van der Waals surface area (Å²) in [5.74, 6) is -0.303. The van der Waals surface area contributed by atoms with E-state index in [4.69, 9.17) is 9.84 Å². The fourth-order valence-corrected chi connectivity index (χ4v) is 2.81. The molecule has 2 N–H and O–H groups in total. The number of carbonyl (C=O) groups excluding carboxylic acids is 1. The zero-order valence-corrected chi connectivity index (χ0v) is 11.3. The lowest BCUT2D eigenvalue weighted by Crippen LogP contribution is -2.41. The number of carboxylic acids is 1. The van der Waals surface area contributed by atoms with Gasteiger partial charge in [-0.2, -0.15) is 0 Å². The highest BCUT2D eigenvalue weighted by Gasteiger charge is 2.29. The molecular weight excluding hydrogens is 248 g/mol. The van der Waals surface area contributed by atoms with Crippen LogP contribution in [0.4, 0.5) is 4.79 Å². The van der Waals surface area contributed by atoms with Crippen LogP contribution < -0.4 is 5.32 Å². The van der Waals surface area contributed by atoms with Crippen molar-refractivity contribution in [3.8, 4) is 0 Å². The molecular formula is C13H22N2O4. The van der Waals surface area contributed by atoms with E-state index in [0.717, 1.165) is 19.4 Å². The SMILES string of the molecule is CC1OCCC1CNC(=O)N1CCC(CC(=O)O)C1. The van der Waals surface area contributed by atoms with Crippen molar-refractivity contribution in [3.63, 3.8) is 0 Å². The van der Waals surface area contributed by atoms with Gasteiger partial charge in [0.1, 0.15) is 0 Å². The van der Waals surface area contributed by atoms with Crippen molar-refractivity contribution < 1.29 is 19.4 Å². The van der Waals surface area contributed by atoms with Gasteiger partial charge in [0.2, 0.25) is 0 Å². The van der Waals surface area contributed by atoms with Crippen molar-refractivity contribution in [1.82, 2.24) is 10.2 Å². The minimum absolute atomic E-state index is 0.0769. The summed E-state index contributed by atoms with van der Waals surface area (Å²) >= 11 is 0. The molecule has 0 aromatic heterocycles. The van der Waals surface area contributed by atoms with Gasteiger partial charge < -0.3 is 20.1 Å². The van der Waals surface area contributed by atoms with Gasteiger partial charge in [0.05, 0.1) is 6.10 Å². The summed E-state index contributed by atoms with van der Waals surface area (Å²) in [6.45, 7) is 4.64. The Balaban J connectivity index is 1.70. The molecule has 2 aliphatic rings. The monoisotopic (exact) mass is 270 g/mol. The first-order valence-corrected chi connectivity index (χ1v) is 6.92. The molecule has 6 nitrogen and oxygen atoms in total. The minimum atomic E-state index is -0.788. The number of urea groups is 1. The normalized spacial score (nSPS) is 30.6. The number of hydrogen-bond acceptors (Lipinski definition) is 3. The van der Waals surface area contributed by atoms with Gasteiger partial charge >= 0.3 is 12.0 Å². The maximum absolute atomic E-state index is 12.0. The van der Waals surface area contributed by atoms with Crippen LogP contribution >= 0.6 is 0 Å².